The van der Waals surface area contributed by atoms with Crippen molar-refractivity contribution in [1.82, 2.24) is 0 Å². The maximum absolute atomic E-state index is 13.6. The number of ether oxygens (including phenoxy) is 2. The third-order valence-electron chi connectivity index (χ3n) is 3.96. The van der Waals surface area contributed by atoms with Crippen LogP contribution in [-0.2, 0) is 26.3 Å². The second-order valence-corrected chi connectivity index (χ2v) is 4.72. The van der Waals surface area contributed by atoms with E-state index in [1.807, 2.05) is 6.07 Å². The first-order valence-electron chi connectivity index (χ1n) is 5.61. The number of carbonyl (C=O) groups excluding carboxylic acids is 1. The molecule has 1 spiro atoms. The first kappa shape index (κ1) is 10.7. The van der Waals surface area contributed by atoms with Crippen LogP contribution in [0.25, 0.3) is 0 Å². The summed E-state index contributed by atoms with van der Waals surface area (Å²) in [7, 11) is 1.34. The van der Waals surface area contributed by atoms with Crippen molar-refractivity contribution < 1.29 is 18.7 Å². The number of carbonyl (C=O) groups is 1. The normalized spacial score (nSPS) is 33.6. The highest BCUT2D eigenvalue weighted by molar-refractivity contribution is 5.85. The lowest BCUT2D eigenvalue weighted by molar-refractivity contribution is -0.146. The van der Waals surface area contributed by atoms with Gasteiger partial charge < -0.3 is 9.47 Å². The number of fused-ring (bicyclic) bond motifs is 2. The van der Waals surface area contributed by atoms with Gasteiger partial charge in [0.2, 0.25) is 0 Å². The highest BCUT2D eigenvalue weighted by atomic mass is 19.1. The second-order valence-electron chi connectivity index (χ2n) is 4.72. The van der Waals surface area contributed by atoms with E-state index >= 15 is 0 Å². The lowest BCUT2D eigenvalue weighted by Crippen LogP contribution is -2.29. The molecule has 3 rings (SSSR count). The summed E-state index contributed by atoms with van der Waals surface area (Å²) in [6.07, 6.45) is 1.24. The van der Waals surface area contributed by atoms with Crippen LogP contribution in [0, 0.1) is 5.82 Å². The van der Waals surface area contributed by atoms with Gasteiger partial charge in [-0.25, -0.2) is 9.18 Å². The number of esters is 1. The standard InChI is InChI=1S/C13H13FO3/c1-12(11(15)16-2)13(17-12)7-6-8-9(13)4-3-5-10(8)14/h3-5H,6-7H2,1-2H3. The molecule has 1 heterocycles. The Morgan fingerprint density at radius 1 is 1.53 bits per heavy atom. The summed E-state index contributed by atoms with van der Waals surface area (Å²) in [6.45, 7) is 1.71. The van der Waals surface area contributed by atoms with E-state index in [4.69, 9.17) is 9.47 Å². The highest BCUT2D eigenvalue weighted by Crippen LogP contribution is 2.62. The zero-order valence-electron chi connectivity index (χ0n) is 9.75. The molecule has 1 aromatic rings. The molecule has 2 unspecified atom stereocenters. The third kappa shape index (κ3) is 1.11. The SMILES string of the molecule is COC(=O)C1(C)OC12CCc1c(F)cccc12. The molecule has 2 atom stereocenters. The maximum atomic E-state index is 13.6. The van der Waals surface area contributed by atoms with Gasteiger partial charge in [0.25, 0.3) is 0 Å². The first-order valence-corrected chi connectivity index (χ1v) is 5.61. The van der Waals surface area contributed by atoms with Crippen LogP contribution in [0.5, 0.6) is 0 Å². The van der Waals surface area contributed by atoms with Crippen molar-refractivity contribution in [3.63, 3.8) is 0 Å². The maximum Gasteiger partial charge on any atom is 0.341 e. The van der Waals surface area contributed by atoms with Crippen molar-refractivity contribution >= 4 is 5.97 Å². The van der Waals surface area contributed by atoms with E-state index in [2.05, 4.69) is 0 Å². The van der Waals surface area contributed by atoms with Crippen molar-refractivity contribution in [3.8, 4) is 0 Å². The number of benzene rings is 1. The fraction of sp³-hybridized carbons (Fsp3) is 0.462. The summed E-state index contributed by atoms with van der Waals surface area (Å²) in [4.78, 5) is 11.7. The van der Waals surface area contributed by atoms with Gasteiger partial charge in [0, 0.05) is 0 Å². The van der Waals surface area contributed by atoms with Gasteiger partial charge in [0.15, 0.2) is 5.60 Å². The van der Waals surface area contributed by atoms with Crippen LogP contribution in [0.4, 0.5) is 4.39 Å². The van der Waals surface area contributed by atoms with Crippen LogP contribution in [0.15, 0.2) is 18.2 Å². The van der Waals surface area contributed by atoms with Crippen LogP contribution in [-0.4, -0.2) is 18.7 Å². The van der Waals surface area contributed by atoms with Gasteiger partial charge in [-0.1, -0.05) is 12.1 Å². The molecular weight excluding hydrogens is 223 g/mol. The molecule has 1 aliphatic heterocycles. The number of methoxy groups -OCH3 is 1. The van der Waals surface area contributed by atoms with Gasteiger partial charge in [0.05, 0.1) is 7.11 Å². The fourth-order valence-corrected chi connectivity index (χ4v) is 2.95. The number of epoxide rings is 1. The van der Waals surface area contributed by atoms with Crippen molar-refractivity contribution in [2.75, 3.05) is 7.11 Å². The number of rotatable bonds is 1. The highest BCUT2D eigenvalue weighted by Gasteiger charge is 2.75. The molecule has 0 aromatic heterocycles. The molecule has 0 amide bonds. The number of hydrogen-bond acceptors (Lipinski definition) is 3. The minimum atomic E-state index is -0.958. The van der Waals surface area contributed by atoms with Gasteiger partial charge in [-0.15, -0.1) is 0 Å². The fourth-order valence-electron chi connectivity index (χ4n) is 2.95. The minimum absolute atomic E-state index is 0.220. The van der Waals surface area contributed by atoms with E-state index in [1.165, 1.54) is 13.2 Å². The lowest BCUT2D eigenvalue weighted by atomic mass is 9.88. The summed E-state index contributed by atoms with van der Waals surface area (Å²) in [5.74, 6) is -0.614. The summed E-state index contributed by atoms with van der Waals surface area (Å²) in [5.41, 5.74) is -0.163. The zero-order valence-corrected chi connectivity index (χ0v) is 9.75. The molecule has 1 saturated heterocycles. The van der Waals surface area contributed by atoms with E-state index in [0.717, 1.165) is 5.56 Å². The Morgan fingerprint density at radius 2 is 2.29 bits per heavy atom. The quantitative estimate of drug-likeness (QED) is 0.552. The molecule has 17 heavy (non-hydrogen) atoms. The Balaban J connectivity index is 2.07. The zero-order chi connectivity index (χ0) is 12.3. The van der Waals surface area contributed by atoms with Crippen LogP contribution < -0.4 is 0 Å². The number of halogens is 1. The molecule has 4 heteroatoms. The first-order chi connectivity index (χ1) is 8.05. The van der Waals surface area contributed by atoms with Crippen LogP contribution in [0.2, 0.25) is 0 Å². The van der Waals surface area contributed by atoms with Crippen LogP contribution in [0.3, 0.4) is 0 Å². The molecule has 1 fully saturated rings. The molecule has 90 valence electrons. The van der Waals surface area contributed by atoms with Crippen LogP contribution >= 0.6 is 0 Å². The molecular formula is C13H13FO3. The van der Waals surface area contributed by atoms with Crippen molar-refractivity contribution in [1.29, 1.82) is 0 Å². The Kier molecular flexibility index (Phi) is 1.94. The van der Waals surface area contributed by atoms with E-state index in [-0.39, 0.29) is 5.82 Å². The minimum Gasteiger partial charge on any atom is -0.467 e. The molecule has 0 radical (unpaired) electrons. The molecule has 0 saturated carbocycles. The third-order valence-corrected chi connectivity index (χ3v) is 3.96. The van der Waals surface area contributed by atoms with E-state index in [9.17, 15) is 9.18 Å². The molecule has 0 N–H and O–H groups in total. The Bertz CT molecular complexity index is 513. The van der Waals surface area contributed by atoms with Gasteiger partial charge in [-0.05, 0) is 37.0 Å². The second kappa shape index (κ2) is 3.07. The summed E-state index contributed by atoms with van der Waals surface area (Å²) in [6, 6.07) is 4.93. The smallest absolute Gasteiger partial charge is 0.341 e. The summed E-state index contributed by atoms with van der Waals surface area (Å²) in [5, 5.41) is 0. The number of hydrogen-bond donors (Lipinski definition) is 0. The monoisotopic (exact) mass is 236 g/mol. The Labute approximate surface area is 98.5 Å². The van der Waals surface area contributed by atoms with E-state index in [1.54, 1.807) is 13.0 Å². The lowest BCUT2D eigenvalue weighted by Gasteiger charge is -2.10. The molecule has 2 aliphatic rings. The van der Waals surface area contributed by atoms with Crippen molar-refractivity contribution in [3.05, 3.63) is 35.1 Å². The Morgan fingerprint density at radius 3 is 3.00 bits per heavy atom. The van der Waals surface area contributed by atoms with Crippen molar-refractivity contribution in [2.24, 2.45) is 0 Å². The topological polar surface area (TPSA) is 38.8 Å². The van der Waals surface area contributed by atoms with E-state index < -0.39 is 17.2 Å². The molecule has 1 aliphatic carbocycles. The van der Waals surface area contributed by atoms with E-state index in [0.29, 0.717) is 18.4 Å². The molecule has 3 nitrogen and oxygen atoms in total. The van der Waals surface area contributed by atoms with Crippen molar-refractivity contribution in [2.45, 2.75) is 31.0 Å². The molecule has 1 aromatic carbocycles. The predicted octanol–water partition coefficient (Wildman–Crippen LogP) is 1.93. The van der Waals surface area contributed by atoms with Gasteiger partial charge in [0.1, 0.15) is 11.4 Å². The largest absolute Gasteiger partial charge is 0.467 e. The Hall–Kier alpha value is -1.42. The van der Waals surface area contributed by atoms with Gasteiger partial charge in [-0.2, -0.15) is 0 Å². The predicted molar refractivity (Wildman–Crippen MR) is 57.9 cm³/mol. The summed E-state index contributed by atoms with van der Waals surface area (Å²) < 4.78 is 24.0. The average molecular weight is 236 g/mol. The summed E-state index contributed by atoms with van der Waals surface area (Å²) >= 11 is 0. The van der Waals surface area contributed by atoms with Gasteiger partial charge >= 0.3 is 5.97 Å². The average Bonchev–Trinajstić information content (AvgIpc) is 2.75. The van der Waals surface area contributed by atoms with Crippen LogP contribution in [0.1, 0.15) is 24.5 Å². The van der Waals surface area contributed by atoms with Gasteiger partial charge in [-0.3, -0.25) is 0 Å². The molecule has 0 bridgehead atoms.